The fourth-order valence-electron chi connectivity index (χ4n) is 6.95. The smallest absolute Gasteiger partial charge is 0.236 e. The Balaban J connectivity index is 0.945. The van der Waals surface area contributed by atoms with Crippen LogP contribution in [0, 0.1) is 5.41 Å². The quantitative estimate of drug-likeness (QED) is 0.334. The molecular formula is C36H38N8O4. The molecule has 12 heteroatoms. The molecular weight excluding hydrogens is 608 g/mol. The van der Waals surface area contributed by atoms with Crippen molar-refractivity contribution in [2.45, 2.75) is 25.2 Å². The van der Waals surface area contributed by atoms with Crippen LogP contribution in [0.1, 0.15) is 36.3 Å². The Labute approximate surface area is 279 Å². The number of methoxy groups -OCH3 is 1. The average molecular weight is 647 g/mol. The van der Waals surface area contributed by atoms with E-state index in [0.29, 0.717) is 61.4 Å². The molecule has 0 aliphatic carbocycles. The number of carbonyl (C=O) groups excluding carboxylic acids is 2. The van der Waals surface area contributed by atoms with Crippen LogP contribution in [0.2, 0.25) is 0 Å². The molecule has 0 unspecified atom stereocenters. The molecule has 2 amide bonds. The zero-order chi connectivity index (χ0) is 33.1. The minimum absolute atomic E-state index is 0.0977. The molecule has 246 valence electrons. The number of piperidine rings is 1. The molecule has 5 heterocycles. The summed E-state index contributed by atoms with van der Waals surface area (Å²) in [5.74, 6) is 1.08. The van der Waals surface area contributed by atoms with Crippen molar-refractivity contribution in [3.8, 4) is 11.4 Å². The van der Waals surface area contributed by atoms with Gasteiger partial charge in [0, 0.05) is 73.9 Å². The molecule has 2 saturated heterocycles. The highest BCUT2D eigenvalue weighted by Crippen LogP contribution is 2.40. The number of fused-ring (bicyclic) bond motifs is 1. The topological polar surface area (TPSA) is 136 Å². The number of ether oxygens (including phenoxy) is 1. The predicted molar refractivity (Wildman–Crippen MR) is 180 cm³/mol. The zero-order valence-corrected chi connectivity index (χ0v) is 26.8. The molecule has 2 aromatic carbocycles. The van der Waals surface area contributed by atoms with Gasteiger partial charge in [-0.3, -0.25) is 19.7 Å². The van der Waals surface area contributed by atoms with Crippen LogP contribution in [0.5, 0.6) is 0 Å². The number of azo groups is 1. The number of anilines is 1. The zero-order valence-electron chi connectivity index (χ0n) is 26.8. The highest BCUT2D eigenvalue weighted by Gasteiger charge is 2.45. The van der Waals surface area contributed by atoms with Crippen LogP contribution in [-0.4, -0.2) is 88.3 Å². The van der Waals surface area contributed by atoms with Crippen molar-refractivity contribution in [3.05, 3.63) is 102 Å². The molecule has 0 spiro atoms. The van der Waals surface area contributed by atoms with Crippen molar-refractivity contribution in [1.82, 2.24) is 24.8 Å². The molecule has 4 aliphatic heterocycles. The first-order chi connectivity index (χ1) is 23.4. The van der Waals surface area contributed by atoms with E-state index in [0.717, 1.165) is 34.6 Å². The number of aromatic nitrogens is 2. The van der Waals surface area contributed by atoms with Gasteiger partial charge in [-0.1, -0.05) is 24.3 Å². The van der Waals surface area contributed by atoms with Gasteiger partial charge >= 0.3 is 0 Å². The number of carbonyl (C=O) groups is 2. The standard InChI is InChI=1S/C36H38N8O4/c1-48-24-36(35(46)39-29-7-8-31-30(21-29)33(41-40-31)27-11-18-44(47)19-12-27)13-20-42(23-36)22-32(45)43-16-9-26(10-17-43)25-3-5-28(6-4-25)34-37-14-2-15-38-34/h2-8,11-12,14-15,18-19,21,26,47H,9-10,13,16-17,20,22-24H2,1H3,(H,39,46)/t36-/m1/s1. The van der Waals surface area contributed by atoms with Gasteiger partial charge in [0.15, 0.2) is 5.82 Å². The first-order valence-corrected chi connectivity index (χ1v) is 16.2. The van der Waals surface area contributed by atoms with Crippen molar-refractivity contribution in [2.24, 2.45) is 15.6 Å². The fraction of sp³-hybridized carbons (Fsp3) is 0.333. The van der Waals surface area contributed by atoms with Crippen LogP contribution in [0.4, 0.5) is 11.4 Å². The number of allylic oxidation sites excluding steroid dienone is 3. The summed E-state index contributed by atoms with van der Waals surface area (Å²) in [6, 6.07) is 15.8. The molecule has 4 aliphatic rings. The first-order valence-electron chi connectivity index (χ1n) is 16.2. The van der Waals surface area contributed by atoms with E-state index in [-0.39, 0.29) is 25.0 Å². The van der Waals surface area contributed by atoms with Gasteiger partial charge in [-0.15, -0.1) is 10.2 Å². The number of likely N-dealkylation sites (tertiary alicyclic amines) is 2. The van der Waals surface area contributed by atoms with Gasteiger partial charge in [-0.2, -0.15) is 0 Å². The molecule has 0 radical (unpaired) electrons. The molecule has 1 aromatic heterocycles. The molecule has 48 heavy (non-hydrogen) atoms. The highest BCUT2D eigenvalue weighted by atomic mass is 16.5. The summed E-state index contributed by atoms with van der Waals surface area (Å²) in [7, 11) is 1.60. The second-order valence-corrected chi connectivity index (χ2v) is 12.7. The monoisotopic (exact) mass is 646 g/mol. The Hall–Kier alpha value is -5.04. The van der Waals surface area contributed by atoms with Crippen LogP contribution < -0.4 is 5.32 Å². The number of rotatable bonds is 8. The predicted octanol–water partition coefficient (Wildman–Crippen LogP) is 5.37. The lowest BCUT2D eigenvalue weighted by Crippen LogP contribution is -2.46. The third kappa shape index (κ3) is 6.55. The Kier molecular flexibility index (Phi) is 8.94. The summed E-state index contributed by atoms with van der Waals surface area (Å²) in [6.07, 6.45) is 12.5. The van der Waals surface area contributed by atoms with Gasteiger partial charge in [0.2, 0.25) is 11.8 Å². The van der Waals surface area contributed by atoms with E-state index in [1.807, 2.05) is 29.2 Å². The maximum absolute atomic E-state index is 13.8. The lowest BCUT2D eigenvalue weighted by Gasteiger charge is -2.33. The number of hydroxylamine groups is 2. The number of benzene rings is 2. The molecule has 2 fully saturated rings. The Morgan fingerprint density at radius 1 is 1.00 bits per heavy atom. The average Bonchev–Trinajstić information content (AvgIpc) is 3.74. The van der Waals surface area contributed by atoms with E-state index in [2.05, 4.69) is 54.7 Å². The van der Waals surface area contributed by atoms with Crippen LogP contribution in [0.25, 0.3) is 17.1 Å². The van der Waals surface area contributed by atoms with Crippen molar-refractivity contribution < 1.29 is 19.5 Å². The highest BCUT2D eigenvalue weighted by molar-refractivity contribution is 5.97. The summed E-state index contributed by atoms with van der Waals surface area (Å²) in [5, 5.41) is 22.3. The third-order valence-corrected chi connectivity index (χ3v) is 9.60. The summed E-state index contributed by atoms with van der Waals surface area (Å²) >= 11 is 0. The van der Waals surface area contributed by atoms with Crippen LogP contribution in [0.3, 0.4) is 0 Å². The number of hydrogen-bond donors (Lipinski definition) is 2. The van der Waals surface area contributed by atoms with Crippen molar-refractivity contribution >= 4 is 28.9 Å². The van der Waals surface area contributed by atoms with E-state index in [4.69, 9.17) is 4.74 Å². The summed E-state index contributed by atoms with van der Waals surface area (Å²) in [4.78, 5) is 39.9. The summed E-state index contributed by atoms with van der Waals surface area (Å²) in [5.41, 5.74) is 5.09. The van der Waals surface area contributed by atoms with Gasteiger partial charge in [-0.25, -0.2) is 15.0 Å². The third-order valence-electron chi connectivity index (χ3n) is 9.60. The number of hydrogen-bond acceptors (Lipinski definition) is 10. The van der Waals surface area contributed by atoms with Gasteiger partial charge in [0.25, 0.3) is 0 Å². The molecule has 1 atom stereocenters. The van der Waals surface area contributed by atoms with Crippen molar-refractivity contribution in [1.29, 1.82) is 0 Å². The van der Waals surface area contributed by atoms with Crippen LogP contribution >= 0.6 is 0 Å². The van der Waals surface area contributed by atoms with Crippen molar-refractivity contribution in [3.63, 3.8) is 0 Å². The van der Waals surface area contributed by atoms with Crippen molar-refractivity contribution in [2.75, 3.05) is 51.8 Å². The van der Waals surface area contributed by atoms with E-state index >= 15 is 0 Å². The Morgan fingerprint density at radius 2 is 1.75 bits per heavy atom. The number of amides is 2. The molecule has 0 bridgehead atoms. The maximum Gasteiger partial charge on any atom is 0.236 e. The normalized spacial score (nSPS) is 20.9. The van der Waals surface area contributed by atoms with Gasteiger partial charge < -0.3 is 15.0 Å². The van der Waals surface area contributed by atoms with Crippen LogP contribution in [0.15, 0.2) is 101 Å². The maximum atomic E-state index is 13.8. The minimum Gasteiger partial charge on any atom is -0.384 e. The Bertz CT molecular complexity index is 1780. The SMILES string of the molecule is COC[C@@]1(C(=O)Nc2ccc3c(c2)C(=C2C=CN(O)C=C2)N=N3)CCN(CC(=O)N2CCC(c3ccc(-c4ncccn4)cc3)CC2)C1. The molecule has 0 saturated carbocycles. The second kappa shape index (κ2) is 13.6. The lowest BCUT2D eigenvalue weighted by atomic mass is 9.86. The summed E-state index contributed by atoms with van der Waals surface area (Å²) < 4.78 is 5.56. The first kappa shape index (κ1) is 31.6. The van der Waals surface area contributed by atoms with Crippen LogP contribution in [-0.2, 0) is 14.3 Å². The van der Waals surface area contributed by atoms with E-state index in [9.17, 15) is 14.8 Å². The number of nitrogens with one attached hydrogen (secondary N) is 1. The lowest BCUT2D eigenvalue weighted by molar-refractivity contribution is -0.134. The molecule has 2 N–H and O–H groups in total. The van der Waals surface area contributed by atoms with Gasteiger partial charge in [-0.05, 0) is 73.7 Å². The molecule has 3 aromatic rings. The number of nitrogens with zero attached hydrogens (tertiary/aromatic N) is 7. The molecule has 12 nitrogen and oxygen atoms in total. The van der Waals surface area contributed by atoms with Gasteiger partial charge in [0.05, 0.1) is 24.3 Å². The second-order valence-electron chi connectivity index (χ2n) is 12.7. The van der Waals surface area contributed by atoms with E-state index in [1.165, 1.54) is 18.0 Å². The summed E-state index contributed by atoms with van der Waals surface area (Å²) in [6.45, 7) is 3.02. The van der Waals surface area contributed by atoms with Gasteiger partial charge in [0.1, 0.15) is 5.70 Å². The molecule has 7 rings (SSSR count). The van der Waals surface area contributed by atoms with E-state index < -0.39 is 5.41 Å². The fourth-order valence-corrected chi connectivity index (χ4v) is 6.95. The largest absolute Gasteiger partial charge is 0.384 e. The Morgan fingerprint density at radius 3 is 2.48 bits per heavy atom. The minimum atomic E-state index is -0.784. The van der Waals surface area contributed by atoms with E-state index in [1.54, 1.807) is 31.7 Å².